The summed E-state index contributed by atoms with van der Waals surface area (Å²) in [7, 11) is 0. The van der Waals surface area contributed by atoms with Gasteiger partial charge in [0.05, 0.1) is 29.2 Å². The van der Waals surface area contributed by atoms with E-state index < -0.39 is 0 Å². The largest absolute Gasteiger partial charge is 0.393 e. The van der Waals surface area contributed by atoms with E-state index in [0.29, 0.717) is 6.10 Å². The molecule has 4 atom stereocenters. The minimum Gasteiger partial charge on any atom is -0.393 e. The van der Waals surface area contributed by atoms with Crippen LogP contribution in [-0.2, 0) is 9.53 Å². The number of rotatable bonds is 3. The fourth-order valence-corrected chi connectivity index (χ4v) is 2.33. The van der Waals surface area contributed by atoms with Crippen molar-refractivity contribution in [2.75, 3.05) is 0 Å². The number of nitrogens with two attached hydrogens (primary N) is 1. The van der Waals surface area contributed by atoms with Crippen LogP contribution >= 0.6 is 12.2 Å². The minimum atomic E-state index is -0.390. The normalized spacial score (nSPS) is 35.1. The maximum Gasteiger partial charge on any atom is 0.229 e. The Kier molecular flexibility index (Phi) is 2.93. The third kappa shape index (κ3) is 2.13. The summed E-state index contributed by atoms with van der Waals surface area (Å²) in [6.45, 7) is 1.73. The van der Waals surface area contributed by atoms with E-state index in [4.69, 9.17) is 22.7 Å². The molecule has 2 heterocycles. The molecule has 84 valence electrons. The number of amides is 1. The summed E-state index contributed by atoms with van der Waals surface area (Å²) in [4.78, 5) is 11.9. The third-order valence-electron chi connectivity index (χ3n) is 3.25. The summed E-state index contributed by atoms with van der Waals surface area (Å²) in [5.41, 5.74) is 5.43. The van der Waals surface area contributed by atoms with E-state index in [-0.39, 0.29) is 29.0 Å². The Labute approximate surface area is 94.5 Å². The van der Waals surface area contributed by atoms with Gasteiger partial charge in [-0.05, 0) is 26.2 Å². The van der Waals surface area contributed by atoms with Crippen molar-refractivity contribution in [2.24, 2.45) is 11.7 Å². The zero-order valence-electron chi connectivity index (χ0n) is 8.73. The van der Waals surface area contributed by atoms with Crippen LogP contribution in [-0.4, -0.2) is 29.1 Å². The van der Waals surface area contributed by atoms with Crippen molar-refractivity contribution in [2.45, 2.75) is 44.4 Å². The van der Waals surface area contributed by atoms with Gasteiger partial charge in [-0.2, -0.15) is 0 Å². The molecule has 3 N–H and O–H groups in total. The molecule has 2 aliphatic rings. The molecule has 0 aromatic heterocycles. The first-order chi connectivity index (χ1) is 7.08. The van der Waals surface area contributed by atoms with E-state index in [9.17, 15) is 4.79 Å². The SMILES string of the molecule is CC(C(=O)NC1CC2CCC1O2)C(N)=S. The number of nitrogens with one attached hydrogen (secondary N) is 1. The smallest absolute Gasteiger partial charge is 0.229 e. The Morgan fingerprint density at radius 1 is 1.60 bits per heavy atom. The molecule has 2 saturated heterocycles. The second-order valence-electron chi connectivity index (χ2n) is 4.35. The molecule has 4 unspecified atom stereocenters. The molecule has 15 heavy (non-hydrogen) atoms. The highest BCUT2D eigenvalue weighted by Crippen LogP contribution is 2.34. The van der Waals surface area contributed by atoms with Crippen molar-refractivity contribution >= 4 is 23.1 Å². The number of fused-ring (bicyclic) bond motifs is 2. The highest BCUT2D eigenvalue weighted by atomic mass is 32.1. The summed E-state index contributed by atoms with van der Waals surface area (Å²) >= 11 is 4.79. The van der Waals surface area contributed by atoms with Crippen LogP contribution in [0, 0.1) is 5.92 Å². The van der Waals surface area contributed by atoms with E-state index in [0.717, 1.165) is 19.3 Å². The molecule has 1 amide bonds. The van der Waals surface area contributed by atoms with E-state index in [1.807, 2.05) is 0 Å². The molecule has 0 spiro atoms. The highest BCUT2D eigenvalue weighted by molar-refractivity contribution is 7.80. The van der Waals surface area contributed by atoms with Crippen molar-refractivity contribution in [1.82, 2.24) is 5.32 Å². The lowest BCUT2D eigenvalue weighted by atomic mass is 9.95. The molecule has 4 nitrogen and oxygen atoms in total. The van der Waals surface area contributed by atoms with Crippen LogP contribution in [0.5, 0.6) is 0 Å². The Hall–Kier alpha value is -0.680. The van der Waals surface area contributed by atoms with E-state index in [1.165, 1.54) is 0 Å². The summed E-state index contributed by atoms with van der Waals surface area (Å²) in [5, 5.41) is 2.96. The summed E-state index contributed by atoms with van der Waals surface area (Å²) in [6, 6.07) is 0.160. The zero-order valence-corrected chi connectivity index (χ0v) is 9.55. The van der Waals surface area contributed by atoms with Gasteiger partial charge in [-0.25, -0.2) is 0 Å². The van der Waals surface area contributed by atoms with Crippen LogP contribution in [0.15, 0.2) is 0 Å². The molecular weight excluding hydrogens is 212 g/mol. The summed E-state index contributed by atoms with van der Waals surface area (Å²) in [5.74, 6) is -0.470. The standard InChI is InChI=1S/C10H16N2O2S/c1-5(9(11)15)10(13)12-7-4-6-2-3-8(7)14-6/h5-8H,2-4H2,1H3,(H2,11,15)(H,12,13). The molecule has 0 aliphatic carbocycles. The second kappa shape index (κ2) is 4.06. The lowest BCUT2D eigenvalue weighted by Gasteiger charge is -2.21. The lowest BCUT2D eigenvalue weighted by Crippen LogP contribution is -2.45. The van der Waals surface area contributed by atoms with Crippen molar-refractivity contribution in [3.05, 3.63) is 0 Å². The number of hydrogen-bond acceptors (Lipinski definition) is 3. The van der Waals surface area contributed by atoms with Gasteiger partial charge in [-0.15, -0.1) is 0 Å². The summed E-state index contributed by atoms with van der Waals surface area (Å²) in [6.07, 6.45) is 3.66. The first kappa shape index (κ1) is 10.8. The molecular formula is C10H16N2O2S. The maximum atomic E-state index is 11.7. The van der Waals surface area contributed by atoms with Gasteiger partial charge in [-0.3, -0.25) is 4.79 Å². The molecule has 2 fully saturated rings. The van der Waals surface area contributed by atoms with Crippen LogP contribution in [0.2, 0.25) is 0 Å². The predicted octanol–water partition coefficient (Wildman–Crippen LogP) is 0.345. The maximum absolute atomic E-state index is 11.7. The van der Waals surface area contributed by atoms with Crippen molar-refractivity contribution in [3.63, 3.8) is 0 Å². The van der Waals surface area contributed by atoms with E-state index in [2.05, 4.69) is 5.32 Å². The lowest BCUT2D eigenvalue weighted by molar-refractivity contribution is -0.123. The van der Waals surface area contributed by atoms with Gasteiger partial charge >= 0.3 is 0 Å². The second-order valence-corrected chi connectivity index (χ2v) is 4.82. The van der Waals surface area contributed by atoms with E-state index >= 15 is 0 Å². The fourth-order valence-electron chi connectivity index (χ4n) is 2.23. The van der Waals surface area contributed by atoms with Gasteiger partial charge in [0.25, 0.3) is 0 Å². The number of thiocarbonyl (C=S) groups is 1. The molecule has 0 aromatic carbocycles. The molecule has 0 aromatic rings. The van der Waals surface area contributed by atoms with Gasteiger partial charge in [0.15, 0.2) is 0 Å². The van der Waals surface area contributed by atoms with Crippen molar-refractivity contribution < 1.29 is 9.53 Å². The number of ether oxygens (including phenoxy) is 1. The minimum absolute atomic E-state index is 0.0800. The van der Waals surface area contributed by atoms with Gasteiger partial charge in [-0.1, -0.05) is 12.2 Å². The van der Waals surface area contributed by atoms with Gasteiger partial charge < -0.3 is 15.8 Å². The zero-order chi connectivity index (χ0) is 11.0. The Balaban J connectivity index is 1.87. The van der Waals surface area contributed by atoms with Crippen LogP contribution in [0.25, 0.3) is 0 Å². The van der Waals surface area contributed by atoms with Crippen molar-refractivity contribution in [3.8, 4) is 0 Å². The average molecular weight is 228 g/mol. The molecule has 2 rings (SSSR count). The van der Waals surface area contributed by atoms with Crippen LogP contribution in [0.1, 0.15) is 26.2 Å². The van der Waals surface area contributed by atoms with Crippen LogP contribution < -0.4 is 11.1 Å². The summed E-state index contributed by atoms with van der Waals surface area (Å²) < 4.78 is 5.65. The number of carbonyl (C=O) groups is 1. The monoisotopic (exact) mass is 228 g/mol. The molecule has 2 aliphatic heterocycles. The Morgan fingerprint density at radius 2 is 2.33 bits per heavy atom. The van der Waals surface area contributed by atoms with Gasteiger partial charge in [0, 0.05) is 0 Å². The average Bonchev–Trinajstić information content (AvgIpc) is 2.77. The van der Waals surface area contributed by atoms with E-state index in [1.54, 1.807) is 6.92 Å². The van der Waals surface area contributed by atoms with Gasteiger partial charge in [0.1, 0.15) is 0 Å². The third-order valence-corrected chi connectivity index (χ3v) is 3.61. The topological polar surface area (TPSA) is 64.3 Å². The quantitative estimate of drug-likeness (QED) is 0.684. The predicted molar refractivity (Wildman–Crippen MR) is 60.4 cm³/mol. The first-order valence-electron chi connectivity index (χ1n) is 5.33. The molecule has 0 radical (unpaired) electrons. The molecule has 2 bridgehead atoms. The molecule has 5 heteroatoms. The number of hydrogen-bond donors (Lipinski definition) is 2. The highest BCUT2D eigenvalue weighted by Gasteiger charge is 2.41. The fraction of sp³-hybridized carbons (Fsp3) is 0.800. The number of carbonyl (C=O) groups excluding carboxylic acids is 1. The first-order valence-corrected chi connectivity index (χ1v) is 5.74. The van der Waals surface area contributed by atoms with Crippen LogP contribution in [0.3, 0.4) is 0 Å². The Bertz CT molecular complexity index is 295. The van der Waals surface area contributed by atoms with Crippen LogP contribution in [0.4, 0.5) is 0 Å². The van der Waals surface area contributed by atoms with Crippen molar-refractivity contribution in [1.29, 1.82) is 0 Å². The Morgan fingerprint density at radius 3 is 2.80 bits per heavy atom. The van der Waals surface area contributed by atoms with Gasteiger partial charge in [0.2, 0.25) is 5.91 Å². The molecule has 0 saturated carbocycles.